The van der Waals surface area contributed by atoms with Gasteiger partial charge in [0.15, 0.2) is 0 Å². The quantitative estimate of drug-likeness (QED) is 0.611. The molecule has 0 aliphatic rings. The molecule has 0 amide bonds. The topological polar surface area (TPSA) is 49.5 Å². The number of rotatable bonds is 3. The molecule has 0 fully saturated rings. The number of nitrogens with zero attached hydrogens (tertiary/aromatic N) is 1. The maximum Gasteiger partial charge on any atom is 0.0840 e. The van der Waals surface area contributed by atoms with Gasteiger partial charge in [0.1, 0.15) is 0 Å². The van der Waals surface area contributed by atoms with E-state index < -0.39 is 5.60 Å². The Balaban J connectivity index is 0.00000106. The summed E-state index contributed by atoms with van der Waals surface area (Å²) in [6.07, 6.45) is 0. The Hall–Kier alpha value is -0.900. The first-order valence-electron chi connectivity index (χ1n) is 5.67. The second-order valence-electron chi connectivity index (χ2n) is 4.17. The van der Waals surface area contributed by atoms with Gasteiger partial charge < -0.3 is 5.11 Å². The van der Waals surface area contributed by atoms with E-state index in [1.54, 1.807) is 18.9 Å². The molecule has 0 aliphatic heterocycles. The molecule has 0 radical (unpaired) electrons. The van der Waals surface area contributed by atoms with Crippen molar-refractivity contribution in [3.05, 3.63) is 35.4 Å². The molecular weight excluding hydrogens is 200 g/mol. The SMILES string of the molecule is CC.CN(N)Cc1ccc(C(C)(C)O)cc1. The van der Waals surface area contributed by atoms with E-state index in [9.17, 15) is 5.11 Å². The maximum absolute atomic E-state index is 9.73. The maximum atomic E-state index is 9.73. The van der Waals surface area contributed by atoms with Crippen molar-refractivity contribution in [1.29, 1.82) is 0 Å². The van der Waals surface area contributed by atoms with Crippen LogP contribution in [-0.4, -0.2) is 17.2 Å². The van der Waals surface area contributed by atoms with Gasteiger partial charge in [0, 0.05) is 13.6 Å². The van der Waals surface area contributed by atoms with E-state index in [1.807, 2.05) is 45.2 Å². The average Bonchev–Trinajstić information content (AvgIpc) is 2.19. The summed E-state index contributed by atoms with van der Waals surface area (Å²) in [6, 6.07) is 7.82. The van der Waals surface area contributed by atoms with Crippen molar-refractivity contribution in [2.45, 2.75) is 39.8 Å². The number of nitrogens with two attached hydrogens (primary N) is 1. The molecule has 1 aromatic rings. The van der Waals surface area contributed by atoms with E-state index in [0.717, 1.165) is 11.1 Å². The van der Waals surface area contributed by atoms with Gasteiger partial charge in [0.05, 0.1) is 5.60 Å². The van der Waals surface area contributed by atoms with Crippen molar-refractivity contribution in [1.82, 2.24) is 5.01 Å². The molecule has 1 rings (SSSR count). The summed E-state index contributed by atoms with van der Waals surface area (Å²) >= 11 is 0. The highest BCUT2D eigenvalue weighted by molar-refractivity contribution is 5.26. The second kappa shape index (κ2) is 6.63. The highest BCUT2D eigenvalue weighted by Gasteiger charge is 2.14. The molecule has 3 heteroatoms. The van der Waals surface area contributed by atoms with Crippen LogP contribution in [0.5, 0.6) is 0 Å². The van der Waals surface area contributed by atoms with Gasteiger partial charge >= 0.3 is 0 Å². The lowest BCUT2D eigenvalue weighted by molar-refractivity contribution is 0.0786. The molecule has 0 saturated heterocycles. The monoisotopic (exact) mass is 224 g/mol. The number of hydrogen-bond acceptors (Lipinski definition) is 3. The third-order valence-electron chi connectivity index (χ3n) is 2.09. The lowest BCUT2D eigenvalue weighted by Gasteiger charge is -2.18. The summed E-state index contributed by atoms with van der Waals surface area (Å²) in [5, 5.41) is 11.4. The van der Waals surface area contributed by atoms with Crippen LogP contribution in [-0.2, 0) is 12.1 Å². The summed E-state index contributed by atoms with van der Waals surface area (Å²) in [4.78, 5) is 0. The van der Waals surface area contributed by atoms with Gasteiger partial charge in [-0.25, -0.2) is 5.01 Å². The van der Waals surface area contributed by atoms with Gasteiger partial charge in [-0.05, 0) is 25.0 Å². The predicted octanol–water partition coefficient (Wildman–Crippen LogP) is 2.25. The third kappa shape index (κ3) is 5.26. The minimum absolute atomic E-state index is 0.714. The van der Waals surface area contributed by atoms with E-state index >= 15 is 0 Å². The molecule has 0 unspecified atom stereocenters. The molecule has 16 heavy (non-hydrogen) atoms. The summed E-state index contributed by atoms with van der Waals surface area (Å²) in [6.45, 7) is 8.26. The molecule has 0 heterocycles. The van der Waals surface area contributed by atoms with Crippen molar-refractivity contribution >= 4 is 0 Å². The Morgan fingerprint density at radius 2 is 1.62 bits per heavy atom. The number of hydrogen-bond donors (Lipinski definition) is 2. The van der Waals surface area contributed by atoms with Crippen LogP contribution in [0, 0.1) is 0 Å². The Kier molecular flexibility index (Phi) is 6.26. The van der Waals surface area contributed by atoms with Gasteiger partial charge in [0.25, 0.3) is 0 Å². The van der Waals surface area contributed by atoms with Crippen molar-refractivity contribution in [2.75, 3.05) is 7.05 Å². The summed E-state index contributed by atoms with van der Waals surface area (Å²) in [5.74, 6) is 5.53. The van der Waals surface area contributed by atoms with Crippen LogP contribution in [0.1, 0.15) is 38.8 Å². The molecule has 0 saturated carbocycles. The van der Waals surface area contributed by atoms with E-state index in [2.05, 4.69) is 0 Å². The van der Waals surface area contributed by atoms with Crippen molar-refractivity contribution in [3.8, 4) is 0 Å². The fourth-order valence-corrected chi connectivity index (χ4v) is 1.31. The van der Waals surface area contributed by atoms with Crippen LogP contribution in [0.25, 0.3) is 0 Å². The van der Waals surface area contributed by atoms with Crippen LogP contribution in [0.4, 0.5) is 0 Å². The third-order valence-corrected chi connectivity index (χ3v) is 2.09. The molecule has 0 aromatic heterocycles. The van der Waals surface area contributed by atoms with Crippen LogP contribution >= 0.6 is 0 Å². The van der Waals surface area contributed by atoms with Crippen LogP contribution in [0.2, 0.25) is 0 Å². The van der Waals surface area contributed by atoms with Crippen molar-refractivity contribution < 1.29 is 5.11 Å². The summed E-state index contributed by atoms with van der Waals surface area (Å²) in [7, 11) is 1.82. The highest BCUT2D eigenvalue weighted by atomic mass is 16.3. The number of hydrazine groups is 1. The van der Waals surface area contributed by atoms with E-state index in [4.69, 9.17) is 5.84 Å². The van der Waals surface area contributed by atoms with Crippen LogP contribution in [0.3, 0.4) is 0 Å². The lowest BCUT2D eigenvalue weighted by Crippen LogP contribution is -2.25. The Bertz CT molecular complexity index is 286. The van der Waals surface area contributed by atoms with Crippen LogP contribution in [0.15, 0.2) is 24.3 Å². The molecule has 3 nitrogen and oxygen atoms in total. The Morgan fingerprint density at radius 1 is 1.19 bits per heavy atom. The minimum atomic E-state index is -0.771. The molecule has 3 N–H and O–H groups in total. The fraction of sp³-hybridized carbons (Fsp3) is 0.538. The van der Waals surface area contributed by atoms with E-state index in [1.165, 1.54) is 0 Å². The molecule has 1 aromatic carbocycles. The first-order valence-corrected chi connectivity index (χ1v) is 5.67. The first-order chi connectivity index (χ1) is 7.39. The first kappa shape index (κ1) is 15.1. The van der Waals surface area contributed by atoms with Crippen LogP contribution < -0.4 is 5.84 Å². The van der Waals surface area contributed by atoms with Gasteiger partial charge in [-0.15, -0.1) is 0 Å². The Morgan fingerprint density at radius 3 is 1.94 bits per heavy atom. The van der Waals surface area contributed by atoms with E-state index in [-0.39, 0.29) is 0 Å². The highest BCUT2D eigenvalue weighted by Crippen LogP contribution is 2.19. The molecular formula is C13H24N2O. The predicted molar refractivity (Wildman–Crippen MR) is 68.7 cm³/mol. The summed E-state index contributed by atoms with van der Waals surface area (Å²) in [5.41, 5.74) is 1.29. The molecule has 92 valence electrons. The number of benzene rings is 1. The van der Waals surface area contributed by atoms with Gasteiger partial charge in [-0.3, -0.25) is 5.84 Å². The zero-order valence-corrected chi connectivity index (χ0v) is 11.0. The van der Waals surface area contributed by atoms with Gasteiger partial charge in [0.2, 0.25) is 0 Å². The molecule has 0 atom stereocenters. The average molecular weight is 224 g/mol. The number of aliphatic hydroxyl groups is 1. The molecule has 0 bridgehead atoms. The van der Waals surface area contributed by atoms with Crippen molar-refractivity contribution in [2.24, 2.45) is 5.84 Å². The normalized spacial score (nSPS) is 11.0. The second-order valence-corrected chi connectivity index (χ2v) is 4.17. The zero-order valence-electron chi connectivity index (χ0n) is 11.0. The zero-order chi connectivity index (χ0) is 12.8. The van der Waals surface area contributed by atoms with Gasteiger partial charge in [-0.2, -0.15) is 0 Å². The Labute approximate surface area is 98.9 Å². The summed E-state index contributed by atoms with van der Waals surface area (Å²) < 4.78 is 0. The minimum Gasteiger partial charge on any atom is -0.386 e. The van der Waals surface area contributed by atoms with E-state index in [0.29, 0.717) is 6.54 Å². The largest absolute Gasteiger partial charge is 0.386 e. The molecule has 0 spiro atoms. The fourth-order valence-electron chi connectivity index (χ4n) is 1.31. The molecule has 0 aliphatic carbocycles. The standard InChI is InChI=1S/C11H18N2O.C2H6/c1-11(2,14)10-6-4-9(5-7-10)8-13(3)12;1-2/h4-7,14H,8,12H2,1-3H3;1-2H3. The van der Waals surface area contributed by atoms with Gasteiger partial charge in [-0.1, -0.05) is 38.1 Å². The smallest absolute Gasteiger partial charge is 0.0840 e. The van der Waals surface area contributed by atoms with Crippen molar-refractivity contribution in [3.63, 3.8) is 0 Å². The lowest BCUT2D eigenvalue weighted by atomic mass is 9.97.